The van der Waals surface area contributed by atoms with Gasteiger partial charge in [-0.25, -0.2) is 13.2 Å². The summed E-state index contributed by atoms with van der Waals surface area (Å²) >= 11 is 5.97. The summed E-state index contributed by atoms with van der Waals surface area (Å²) in [4.78, 5) is 28.7. The SMILES string of the molecule is C[C@@H]1CCCCO[C@H](CN(C)S(=O)(=O)c2ccc(Cl)cc2)[C@@H](C)CN([C@@H](C)CO)C(=O)c2cc(NC(=O)Nc3ccc(C(F)(F)F)cc3)ccc2O1. The zero-order valence-electron chi connectivity index (χ0n) is 29.3. The van der Waals surface area contributed by atoms with E-state index in [9.17, 15) is 36.3 Å². The summed E-state index contributed by atoms with van der Waals surface area (Å²) < 4.78 is 79.4. The number of anilines is 2. The molecule has 11 nitrogen and oxygen atoms in total. The standard InChI is InChI=1S/C36H44ClF3N4O7S/c1-23-20-44(24(2)22-45)34(46)31-19-29(42-35(47)41-28-12-8-26(9-13-28)36(38,39)40)14-17-32(31)51-25(3)7-5-6-18-50-33(23)21-43(4)52(48,49)30-15-10-27(37)11-16-30/h8-17,19,23-25,33,45H,5-7,18,20-22H2,1-4H3,(H2,41,42,47)/t23-,24-,25+,33+/m0/s1. The fourth-order valence-corrected chi connectivity index (χ4v) is 6.95. The largest absolute Gasteiger partial charge is 0.490 e. The van der Waals surface area contributed by atoms with Crippen molar-refractivity contribution in [3.05, 3.63) is 82.9 Å². The molecule has 1 heterocycles. The van der Waals surface area contributed by atoms with E-state index in [1.165, 1.54) is 52.7 Å². The fraction of sp³-hybridized carbons (Fsp3) is 0.444. The summed E-state index contributed by atoms with van der Waals surface area (Å²) in [6.07, 6.45) is -3.46. The molecule has 0 bridgehead atoms. The lowest BCUT2D eigenvalue weighted by atomic mass is 10.0. The topological polar surface area (TPSA) is 138 Å². The highest BCUT2D eigenvalue weighted by Gasteiger charge is 2.33. The van der Waals surface area contributed by atoms with Gasteiger partial charge in [-0.1, -0.05) is 18.5 Å². The van der Waals surface area contributed by atoms with Crippen molar-refractivity contribution in [1.82, 2.24) is 9.21 Å². The van der Waals surface area contributed by atoms with Crippen molar-refractivity contribution in [2.45, 2.75) is 69.4 Å². The number of hydrogen-bond acceptors (Lipinski definition) is 7. The van der Waals surface area contributed by atoms with Crippen LogP contribution in [0.15, 0.2) is 71.6 Å². The van der Waals surface area contributed by atoms with Crippen molar-refractivity contribution in [3.63, 3.8) is 0 Å². The zero-order valence-corrected chi connectivity index (χ0v) is 30.9. The highest BCUT2D eigenvalue weighted by atomic mass is 35.5. The first-order valence-corrected chi connectivity index (χ1v) is 18.6. The van der Waals surface area contributed by atoms with E-state index in [2.05, 4.69) is 10.6 Å². The molecule has 4 atom stereocenters. The quantitative estimate of drug-likeness (QED) is 0.222. The number of sulfonamides is 1. The Balaban J connectivity index is 1.60. The van der Waals surface area contributed by atoms with Crippen LogP contribution in [0.4, 0.5) is 29.3 Å². The maximum Gasteiger partial charge on any atom is 0.416 e. The third-order valence-corrected chi connectivity index (χ3v) is 10.8. The van der Waals surface area contributed by atoms with Crippen LogP contribution in [0.1, 0.15) is 56.0 Å². The molecule has 0 radical (unpaired) electrons. The minimum absolute atomic E-state index is 0.0140. The van der Waals surface area contributed by atoms with Crippen LogP contribution in [-0.2, 0) is 20.9 Å². The molecule has 1 aliphatic rings. The van der Waals surface area contributed by atoms with Gasteiger partial charge in [0.2, 0.25) is 10.0 Å². The number of carbonyl (C=O) groups excluding carboxylic acids is 2. The molecule has 0 spiro atoms. The van der Waals surface area contributed by atoms with E-state index in [1.54, 1.807) is 13.0 Å². The summed E-state index contributed by atoms with van der Waals surface area (Å²) in [5.41, 5.74) is -0.434. The van der Waals surface area contributed by atoms with Crippen molar-refractivity contribution >= 4 is 44.9 Å². The molecule has 3 aromatic rings. The van der Waals surface area contributed by atoms with E-state index in [-0.39, 0.29) is 53.4 Å². The van der Waals surface area contributed by atoms with Crippen LogP contribution in [-0.4, -0.2) is 86.3 Å². The van der Waals surface area contributed by atoms with Crippen molar-refractivity contribution in [3.8, 4) is 5.75 Å². The first kappa shape index (κ1) is 40.9. The van der Waals surface area contributed by atoms with Gasteiger partial charge in [0.1, 0.15) is 5.75 Å². The lowest BCUT2D eigenvalue weighted by Crippen LogP contribution is -2.48. The number of halogens is 4. The summed E-state index contributed by atoms with van der Waals surface area (Å²) in [6, 6.07) is 12.9. The average Bonchev–Trinajstić information content (AvgIpc) is 3.09. The smallest absolute Gasteiger partial charge is 0.416 e. The number of alkyl halides is 3. The number of amides is 3. The van der Waals surface area contributed by atoms with Gasteiger partial charge in [0.05, 0.1) is 40.9 Å². The van der Waals surface area contributed by atoms with Gasteiger partial charge < -0.3 is 30.1 Å². The summed E-state index contributed by atoms with van der Waals surface area (Å²) in [5, 5.41) is 15.7. The number of hydrogen-bond donors (Lipinski definition) is 3. The molecule has 0 saturated heterocycles. The number of urea groups is 1. The van der Waals surface area contributed by atoms with Crippen LogP contribution in [0.2, 0.25) is 5.02 Å². The molecular weight excluding hydrogens is 725 g/mol. The Morgan fingerprint density at radius 2 is 1.67 bits per heavy atom. The van der Waals surface area contributed by atoms with Crippen LogP contribution in [0.3, 0.4) is 0 Å². The number of aliphatic hydroxyl groups is 1. The Morgan fingerprint density at radius 3 is 2.31 bits per heavy atom. The molecule has 0 fully saturated rings. The second kappa shape index (κ2) is 17.8. The third kappa shape index (κ3) is 10.8. The van der Waals surface area contributed by atoms with Gasteiger partial charge in [0.25, 0.3) is 5.91 Å². The molecule has 4 rings (SSSR count). The first-order chi connectivity index (χ1) is 24.5. The van der Waals surface area contributed by atoms with Crippen LogP contribution in [0.5, 0.6) is 5.75 Å². The molecule has 0 aliphatic carbocycles. The van der Waals surface area contributed by atoms with Crippen molar-refractivity contribution < 1.29 is 45.8 Å². The summed E-state index contributed by atoms with van der Waals surface area (Å²) in [7, 11) is -2.44. The van der Waals surface area contributed by atoms with Gasteiger partial charge in [0.15, 0.2) is 0 Å². The Bertz CT molecular complexity index is 1780. The molecule has 3 aromatic carbocycles. The van der Waals surface area contributed by atoms with E-state index < -0.39 is 51.8 Å². The molecule has 284 valence electrons. The fourth-order valence-electron chi connectivity index (χ4n) is 5.64. The Kier molecular flexibility index (Phi) is 14.0. The van der Waals surface area contributed by atoms with Gasteiger partial charge in [-0.15, -0.1) is 0 Å². The summed E-state index contributed by atoms with van der Waals surface area (Å²) in [5.74, 6) is -0.671. The molecule has 0 saturated carbocycles. The lowest BCUT2D eigenvalue weighted by Gasteiger charge is -2.35. The van der Waals surface area contributed by atoms with Gasteiger partial charge in [-0.3, -0.25) is 4.79 Å². The van der Waals surface area contributed by atoms with E-state index in [0.29, 0.717) is 24.5 Å². The Labute approximate surface area is 307 Å². The maximum absolute atomic E-state index is 14.4. The Morgan fingerprint density at radius 1 is 1.04 bits per heavy atom. The monoisotopic (exact) mass is 768 g/mol. The molecule has 0 unspecified atom stereocenters. The van der Waals surface area contributed by atoms with E-state index in [1.807, 2.05) is 13.8 Å². The highest BCUT2D eigenvalue weighted by Crippen LogP contribution is 2.31. The highest BCUT2D eigenvalue weighted by molar-refractivity contribution is 7.89. The summed E-state index contributed by atoms with van der Waals surface area (Å²) in [6.45, 7) is 5.40. The first-order valence-electron chi connectivity index (χ1n) is 16.8. The van der Waals surface area contributed by atoms with Crippen LogP contribution in [0, 0.1) is 5.92 Å². The normalized spacial score (nSPS) is 20.0. The molecular formula is C36H44ClF3N4O7S. The van der Waals surface area contributed by atoms with Crippen LogP contribution in [0.25, 0.3) is 0 Å². The minimum atomic E-state index is -4.52. The second-order valence-corrected chi connectivity index (χ2v) is 15.4. The number of fused-ring (bicyclic) bond motifs is 1. The zero-order chi connectivity index (χ0) is 38.2. The molecule has 3 amide bonds. The average molecular weight is 769 g/mol. The van der Waals surface area contributed by atoms with E-state index in [0.717, 1.165) is 30.7 Å². The predicted molar refractivity (Wildman–Crippen MR) is 192 cm³/mol. The maximum atomic E-state index is 14.4. The number of aliphatic hydroxyl groups excluding tert-OH is 1. The predicted octanol–water partition coefficient (Wildman–Crippen LogP) is 7.12. The number of ether oxygens (including phenoxy) is 2. The van der Waals surface area contributed by atoms with Crippen molar-refractivity contribution in [2.75, 3.05) is 44.0 Å². The number of carbonyl (C=O) groups is 2. The van der Waals surface area contributed by atoms with Crippen LogP contribution < -0.4 is 15.4 Å². The minimum Gasteiger partial charge on any atom is -0.490 e. The third-order valence-electron chi connectivity index (χ3n) is 8.74. The van der Waals surface area contributed by atoms with Crippen molar-refractivity contribution in [1.29, 1.82) is 0 Å². The van der Waals surface area contributed by atoms with Gasteiger partial charge in [0, 0.05) is 49.1 Å². The number of nitrogens with one attached hydrogen (secondary N) is 2. The number of benzene rings is 3. The van der Waals surface area contributed by atoms with Gasteiger partial charge in [-0.05, 0) is 99.8 Å². The molecule has 16 heteroatoms. The Hall–Kier alpha value is -3.89. The van der Waals surface area contributed by atoms with E-state index >= 15 is 0 Å². The lowest BCUT2D eigenvalue weighted by molar-refractivity contribution is -0.137. The number of rotatable bonds is 8. The molecule has 0 aromatic heterocycles. The van der Waals surface area contributed by atoms with E-state index in [4.69, 9.17) is 21.1 Å². The second-order valence-electron chi connectivity index (χ2n) is 12.9. The van der Waals surface area contributed by atoms with Crippen LogP contribution >= 0.6 is 11.6 Å². The van der Waals surface area contributed by atoms with Gasteiger partial charge in [-0.2, -0.15) is 17.5 Å². The number of likely N-dealkylation sites (N-methyl/N-ethyl adjacent to an activating group) is 1. The van der Waals surface area contributed by atoms with Gasteiger partial charge >= 0.3 is 12.2 Å². The number of nitrogens with zero attached hydrogens (tertiary/aromatic N) is 2. The molecule has 3 N–H and O–H groups in total. The van der Waals surface area contributed by atoms with Crippen molar-refractivity contribution in [2.24, 2.45) is 5.92 Å². The molecule has 1 aliphatic heterocycles. The molecule has 52 heavy (non-hydrogen) atoms.